The van der Waals surface area contributed by atoms with Crippen LogP contribution in [0.15, 0.2) is 65.9 Å². The van der Waals surface area contributed by atoms with Gasteiger partial charge in [-0.1, -0.05) is 0 Å². The van der Waals surface area contributed by atoms with Gasteiger partial charge in [0.1, 0.15) is 17.2 Å². The number of carbonyl (C=O) groups excluding carboxylic acids is 1. The highest BCUT2D eigenvalue weighted by molar-refractivity contribution is 5.95. The minimum absolute atomic E-state index is 0.106. The van der Waals surface area contributed by atoms with Crippen LogP contribution in [0.25, 0.3) is 11.3 Å². The molecule has 7 nitrogen and oxygen atoms in total. The first-order valence-electron chi connectivity index (χ1n) is 9.78. The topological polar surface area (TPSA) is 82.0 Å². The van der Waals surface area contributed by atoms with Crippen molar-refractivity contribution in [2.45, 2.75) is 20.0 Å². The number of rotatable bonds is 8. The summed E-state index contributed by atoms with van der Waals surface area (Å²) in [6.45, 7) is 3.95. The number of benzene rings is 2. The van der Waals surface area contributed by atoms with Crippen LogP contribution in [0.5, 0.6) is 17.2 Å². The van der Waals surface area contributed by atoms with E-state index in [1.54, 1.807) is 50.7 Å². The minimum Gasteiger partial charge on any atom is -0.497 e. The standard InChI is InChI=1S/C24H25N3O4/c1-16(2)31-20-7-5-18(6-8-20)23-13-19(9-10-25-23)24(28)27-26-15-17-11-21(29-3)14-22(12-17)30-4/h5-16H,1-4H3,(H,27,28)/b26-15+. The molecule has 0 aliphatic heterocycles. The molecule has 1 amide bonds. The molecule has 0 fully saturated rings. The van der Waals surface area contributed by atoms with E-state index >= 15 is 0 Å². The number of methoxy groups -OCH3 is 2. The molecular formula is C24H25N3O4. The lowest BCUT2D eigenvalue weighted by Crippen LogP contribution is -2.17. The van der Waals surface area contributed by atoms with Crippen molar-refractivity contribution in [3.63, 3.8) is 0 Å². The quantitative estimate of drug-likeness (QED) is 0.434. The summed E-state index contributed by atoms with van der Waals surface area (Å²) in [4.78, 5) is 16.9. The first-order valence-corrected chi connectivity index (χ1v) is 9.78. The molecule has 0 bridgehead atoms. The Morgan fingerprint density at radius 3 is 2.26 bits per heavy atom. The Morgan fingerprint density at radius 1 is 0.968 bits per heavy atom. The Morgan fingerprint density at radius 2 is 1.65 bits per heavy atom. The van der Waals surface area contributed by atoms with Crippen molar-refractivity contribution >= 4 is 12.1 Å². The van der Waals surface area contributed by atoms with E-state index in [9.17, 15) is 4.79 Å². The lowest BCUT2D eigenvalue weighted by molar-refractivity contribution is 0.0955. The highest BCUT2D eigenvalue weighted by Gasteiger charge is 2.08. The average molecular weight is 419 g/mol. The Balaban J connectivity index is 1.70. The van der Waals surface area contributed by atoms with E-state index in [1.165, 1.54) is 6.21 Å². The number of hydrazone groups is 1. The summed E-state index contributed by atoms with van der Waals surface area (Å²) < 4.78 is 16.1. The molecule has 1 heterocycles. The number of ether oxygens (including phenoxy) is 3. The highest BCUT2D eigenvalue weighted by Crippen LogP contribution is 2.23. The zero-order valence-corrected chi connectivity index (χ0v) is 18.0. The van der Waals surface area contributed by atoms with Crippen LogP contribution in [0.4, 0.5) is 0 Å². The molecule has 3 rings (SSSR count). The Bertz CT molecular complexity index is 1040. The molecule has 0 aliphatic rings. The highest BCUT2D eigenvalue weighted by atomic mass is 16.5. The van der Waals surface area contributed by atoms with Gasteiger partial charge in [0.25, 0.3) is 5.91 Å². The van der Waals surface area contributed by atoms with Gasteiger partial charge in [-0.25, -0.2) is 5.43 Å². The third-order valence-corrected chi connectivity index (χ3v) is 4.30. The normalized spacial score (nSPS) is 10.9. The van der Waals surface area contributed by atoms with E-state index in [-0.39, 0.29) is 12.0 Å². The van der Waals surface area contributed by atoms with Crippen LogP contribution < -0.4 is 19.6 Å². The summed E-state index contributed by atoms with van der Waals surface area (Å²) in [5, 5.41) is 4.04. The molecule has 0 spiro atoms. The van der Waals surface area contributed by atoms with Crippen LogP contribution in [0.1, 0.15) is 29.8 Å². The maximum absolute atomic E-state index is 12.5. The van der Waals surface area contributed by atoms with Crippen molar-refractivity contribution in [2.24, 2.45) is 5.10 Å². The summed E-state index contributed by atoms with van der Waals surface area (Å²) in [5.41, 5.74) is 5.29. The van der Waals surface area contributed by atoms with Gasteiger partial charge in [-0.05, 0) is 62.4 Å². The zero-order valence-electron chi connectivity index (χ0n) is 18.0. The molecule has 1 aromatic heterocycles. The molecule has 160 valence electrons. The van der Waals surface area contributed by atoms with Crippen LogP contribution >= 0.6 is 0 Å². The fourth-order valence-electron chi connectivity index (χ4n) is 2.84. The molecule has 0 unspecified atom stereocenters. The molecule has 31 heavy (non-hydrogen) atoms. The van der Waals surface area contributed by atoms with E-state index < -0.39 is 0 Å². The van der Waals surface area contributed by atoms with Crippen LogP contribution in [-0.4, -0.2) is 37.4 Å². The second kappa shape index (κ2) is 10.2. The first kappa shape index (κ1) is 21.8. The molecular weight excluding hydrogens is 394 g/mol. The number of hydrogen-bond donors (Lipinski definition) is 1. The van der Waals surface area contributed by atoms with Crippen molar-refractivity contribution in [1.82, 2.24) is 10.4 Å². The lowest BCUT2D eigenvalue weighted by Gasteiger charge is -2.10. The fraction of sp³-hybridized carbons (Fsp3) is 0.208. The van der Waals surface area contributed by atoms with E-state index in [1.807, 2.05) is 38.1 Å². The Kier molecular flexibility index (Phi) is 7.22. The Hall–Kier alpha value is -3.87. The van der Waals surface area contributed by atoms with Crippen molar-refractivity contribution in [1.29, 1.82) is 0 Å². The monoisotopic (exact) mass is 419 g/mol. The molecule has 0 radical (unpaired) electrons. The largest absolute Gasteiger partial charge is 0.497 e. The van der Waals surface area contributed by atoms with Crippen molar-refractivity contribution in [2.75, 3.05) is 14.2 Å². The summed E-state index contributed by atoms with van der Waals surface area (Å²) in [7, 11) is 3.15. The van der Waals surface area contributed by atoms with E-state index in [0.29, 0.717) is 22.8 Å². The van der Waals surface area contributed by atoms with Crippen LogP contribution in [0.2, 0.25) is 0 Å². The van der Waals surface area contributed by atoms with Gasteiger partial charge in [0.05, 0.1) is 32.2 Å². The van der Waals surface area contributed by atoms with Gasteiger partial charge in [-0.15, -0.1) is 0 Å². The number of nitrogens with one attached hydrogen (secondary N) is 1. The van der Waals surface area contributed by atoms with Gasteiger partial charge in [-0.2, -0.15) is 5.10 Å². The van der Waals surface area contributed by atoms with Gasteiger partial charge in [-0.3, -0.25) is 9.78 Å². The van der Waals surface area contributed by atoms with Gasteiger partial charge >= 0.3 is 0 Å². The van der Waals surface area contributed by atoms with Crippen LogP contribution in [0.3, 0.4) is 0 Å². The van der Waals surface area contributed by atoms with Crippen molar-refractivity contribution in [3.8, 4) is 28.5 Å². The molecule has 0 aliphatic carbocycles. The number of nitrogens with zero attached hydrogens (tertiary/aromatic N) is 2. The van der Waals surface area contributed by atoms with Crippen molar-refractivity contribution < 1.29 is 19.0 Å². The predicted octanol–water partition coefficient (Wildman–Crippen LogP) is 4.32. The average Bonchev–Trinajstić information content (AvgIpc) is 2.79. The second-order valence-corrected chi connectivity index (χ2v) is 6.97. The third kappa shape index (κ3) is 6.05. The first-order chi connectivity index (χ1) is 15.0. The number of aromatic nitrogens is 1. The number of amides is 1. The van der Waals surface area contributed by atoms with Gasteiger partial charge in [0.15, 0.2) is 0 Å². The fourth-order valence-corrected chi connectivity index (χ4v) is 2.84. The van der Waals surface area contributed by atoms with Crippen molar-refractivity contribution in [3.05, 3.63) is 71.9 Å². The maximum Gasteiger partial charge on any atom is 0.271 e. The SMILES string of the molecule is COc1cc(/C=N/NC(=O)c2ccnc(-c3ccc(OC(C)C)cc3)c2)cc(OC)c1. The molecule has 3 aromatic rings. The summed E-state index contributed by atoms with van der Waals surface area (Å²) in [6, 6.07) is 16.3. The van der Waals surface area contributed by atoms with E-state index in [0.717, 1.165) is 16.9 Å². The molecule has 0 atom stereocenters. The zero-order chi connectivity index (χ0) is 22.2. The van der Waals surface area contributed by atoms with Gasteiger partial charge in [0.2, 0.25) is 0 Å². The molecule has 2 aromatic carbocycles. The van der Waals surface area contributed by atoms with E-state index in [2.05, 4.69) is 15.5 Å². The summed E-state index contributed by atoms with van der Waals surface area (Å²) >= 11 is 0. The number of hydrogen-bond acceptors (Lipinski definition) is 6. The van der Waals surface area contributed by atoms with Crippen LogP contribution in [-0.2, 0) is 0 Å². The van der Waals surface area contributed by atoms with Gasteiger partial charge < -0.3 is 14.2 Å². The third-order valence-electron chi connectivity index (χ3n) is 4.30. The summed E-state index contributed by atoms with van der Waals surface area (Å²) in [6.07, 6.45) is 3.23. The number of pyridine rings is 1. The second-order valence-electron chi connectivity index (χ2n) is 6.97. The minimum atomic E-state index is -0.338. The molecule has 7 heteroatoms. The number of carbonyl (C=O) groups is 1. The summed E-state index contributed by atoms with van der Waals surface area (Å²) in [5.74, 6) is 1.72. The predicted molar refractivity (Wildman–Crippen MR) is 120 cm³/mol. The van der Waals surface area contributed by atoms with E-state index in [4.69, 9.17) is 14.2 Å². The van der Waals surface area contributed by atoms with Gasteiger partial charge in [0, 0.05) is 29.0 Å². The maximum atomic E-state index is 12.5. The molecule has 0 saturated carbocycles. The molecule has 0 saturated heterocycles. The molecule has 1 N–H and O–H groups in total. The Labute approximate surface area is 181 Å². The lowest BCUT2D eigenvalue weighted by atomic mass is 10.1. The smallest absolute Gasteiger partial charge is 0.271 e. The van der Waals surface area contributed by atoms with Crippen LogP contribution in [0, 0.1) is 0 Å².